The van der Waals surface area contributed by atoms with Crippen LogP contribution in [0.4, 0.5) is 0 Å². The summed E-state index contributed by atoms with van der Waals surface area (Å²) in [6.45, 7) is 0. The fourth-order valence-electron chi connectivity index (χ4n) is 2.40. The molecule has 0 saturated heterocycles. The molecule has 24 heavy (non-hydrogen) atoms. The van der Waals surface area contributed by atoms with Gasteiger partial charge in [-0.2, -0.15) is 0 Å². The predicted molar refractivity (Wildman–Crippen MR) is 89.9 cm³/mol. The van der Waals surface area contributed by atoms with Crippen molar-refractivity contribution in [3.05, 3.63) is 42.0 Å². The van der Waals surface area contributed by atoms with Crippen LogP contribution in [0.2, 0.25) is 0 Å². The van der Waals surface area contributed by atoms with Crippen LogP contribution in [0.3, 0.4) is 0 Å². The third kappa shape index (κ3) is 4.10. The van der Waals surface area contributed by atoms with Crippen molar-refractivity contribution in [2.75, 3.05) is 14.2 Å². The number of Topliss-reactive ketones (excluding diaryl/α,β-unsaturated/α-hetero) is 1. The molecule has 0 aliphatic rings. The lowest BCUT2D eigenvalue weighted by atomic mass is 10.0. The highest BCUT2D eigenvalue weighted by Gasteiger charge is 2.14. The van der Waals surface area contributed by atoms with E-state index in [4.69, 9.17) is 9.94 Å². The van der Waals surface area contributed by atoms with E-state index in [2.05, 4.69) is 9.89 Å². The molecule has 0 unspecified atom stereocenters. The molecule has 0 spiro atoms. The van der Waals surface area contributed by atoms with Crippen LogP contribution < -0.4 is 4.74 Å². The first-order valence-electron chi connectivity index (χ1n) is 7.49. The maximum atomic E-state index is 12.3. The SMILES string of the molecule is COC(=O)C(CCCC(=O)c1ccc2cc(OC)ccc2c1)=NO. The Morgan fingerprint density at radius 2 is 1.75 bits per heavy atom. The van der Waals surface area contributed by atoms with Crippen molar-refractivity contribution in [2.45, 2.75) is 19.3 Å². The van der Waals surface area contributed by atoms with Crippen LogP contribution in [0.15, 0.2) is 41.6 Å². The first-order chi connectivity index (χ1) is 11.6. The minimum atomic E-state index is -0.690. The second-order valence-corrected chi connectivity index (χ2v) is 5.24. The molecule has 2 aromatic carbocycles. The van der Waals surface area contributed by atoms with Crippen LogP contribution in [0.1, 0.15) is 29.6 Å². The molecular formula is C18H19NO5. The monoisotopic (exact) mass is 329 g/mol. The number of hydrogen-bond acceptors (Lipinski definition) is 6. The second kappa shape index (κ2) is 8.10. The van der Waals surface area contributed by atoms with Gasteiger partial charge >= 0.3 is 5.97 Å². The number of fused-ring (bicyclic) bond motifs is 1. The van der Waals surface area contributed by atoms with Crippen molar-refractivity contribution in [1.29, 1.82) is 0 Å². The summed E-state index contributed by atoms with van der Waals surface area (Å²) in [6.07, 6.45) is 0.825. The van der Waals surface area contributed by atoms with Gasteiger partial charge in [0.15, 0.2) is 11.5 Å². The molecule has 2 aromatic rings. The summed E-state index contributed by atoms with van der Waals surface area (Å²) in [7, 11) is 2.82. The largest absolute Gasteiger partial charge is 0.497 e. The smallest absolute Gasteiger partial charge is 0.355 e. The number of benzene rings is 2. The summed E-state index contributed by atoms with van der Waals surface area (Å²) in [5, 5.41) is 13.6. The van der Waals surface area contributed by atoms with Gasteiger partial charge in [-0.25, -0.2) is 4.79 Å². The molecular weight excluding hydrogens is 310 g/mol. The van der Waals surface area contributed by atoms with E-state index in [-0.39, 0.29) is 24.3 Å². The van der Waals surface area contributed by atoms with Gasteiger partial charge in [0.05, 0.1) is 14.2 Å². The normalized spacial score (nSPS) is 11.3. The second-order valence-electron chi connectivity index (χ2n) is 5.24. The maximum Gasteiger partial charge on any atom is 0.355 e. The van der Waals surface area contributed by atoms with E-state index in [9.17, 15) is 9.59 Å². The van der Waals surface area contributed by atoms with Gasteiger partial charge in [0.25, 0.3) is 0 Å². The number of methoxy groups -OCH3 is 2. The molecule has 0 bridgehead atoms. The highest BCUT2D eigenvalue weighted by Crippen LogP contribution is 2.22. The van der Waals surface area contributed by atoms with Gasteiger partial charge < -0.3 is 14.7 Å². The van der Waals surface area contributed by atoms with Crippen LogP contribution in [0.5, 0.6) is 5.75 Å². The molecule has 0 amide bonds. The predicted octanol–water partition coefficient (Wildman–Crippen LogP) is 3.20. The van der Waals surface area contributed by atoms with Gasteiger partial charge in [-0.15, -0.1) is 0 Å². The zero-order valence-corrected chi connectivity index (χ0v) is 13.6. The van der Waals surface area contributed by atoms with Crippen molar-refractivity contribution >= 4 is 28.2 Å². The van der Waals surface area contributed by atoms with E-state index >= 15 is 0 Å². The maximum absolute atomic E-state index is 12.3. The topological polar surface area (TPSA) is 85.2 Å². The van der Waals surface area contributed by atoms with Gasteiger partial charge in [0, 0.05) is 18.4 Å². The molecule has 2 rings (SSSR count). The lowest BCUT2D eigenvalue weighted by Crippen LogP contribution is -2.16. The van der Waals surface area contributed by atoms with Crippen molar-refractivity contribution in [3.63, 3.8) is 0 Å². The molecule has 0 radical (unpaired) electrons. The van der Waals surface area contributed by atoms with Gasteiger partial charge in [-0.1, -0.05) is 23.4 Å². The van der Waals surface area contributed by atoms with Crippen molar-refractivity contribution in [3.8, 4) is 5.75 Å². The molecule has 1 N–H and O–H groups in total. The first-order valence-corrected chi connectivity index (χ1v) is 7.49. The van der Waals surface area contributed by atoms with E-state index < -0.39 is 5.97 Å². The molecule has 0 aliphatic carbocycles. The number of nitrogens with zero attached hydrogens (tertiary/aromatic N) is 1. The molecule has 6 heteroatoms. The molecule has 126 valence electrons. The average molecular weight is 329 g/mol. The number of carbonyl (C=O) groups is 2. The fraction of sp³-hybridized carbons (Fsp3) is 0.278. The summed E-state index contributed by atoms with van der Waals surface area (Å²) in [5.41, 5.74) is 0.518. The van der Waals surface area contributed by atoms with Gasteiger partial charge in [-0.05, 0) is 35.4 Å². The first kappa shape index (κ1) is 17.5. The Morgan fingerprint density at radius 3 is 2.42 bits per heavy atom. The fourth-order valence-corrected chi connectivity index (χ4v) is 2.40. The Kier molecular flexibility index (Phi) is 5.89. The zero-order valence-electron chi connectivity index (χ0n) is 13.6. The number of ketones is 1. The number of oxime groups is 1. The van der Waals surface area contributed by atoms with E-state index in [1.165, 1.54) is 7.11 Å². The van der Waals surface area contributed by atoms with E-state index in [0.717, 1.165) is 16.5 Å². The van der Waals surface area contributed by atoms with Crippen LogP contribution >= 0.6 is 0 Å². The zero-order chi connectivity index (χ0) is 17.5. The summed E-state index contributed by atoms with van der Waals surface area (Å²) in [5.74, 6) is 0.0414. The van der Waals surface area contributed by atoms with Gasteiger partial charge in [0.2, 0.25) is 0 Å². The van der Waals surface area contributed by atoms with Crippen molar-refractivity contribution in [1.82, 2.24) is 0 Å². The molecule has 0 atom stereocenters. The van der Waals surface area contributed by atoms with E-state index in [0.29, 0.717) is 12.0 Å². The van der Waals surface area contributed by atoms with E-state index in [1.54, 1.807) is 13.2 Å². The number of esters is 1. The van der Waals surface area contributed by atoms with Crippen molar-refractivity contribution < 1.29 is 24.3 Å². The number of rotatable bonds is 7. The van der Waals surface area contributed by atoms with Crippen LogP contribution in [0.25, 0.3) is 10.8 Å². The summed E-state index contributed by atoms with van der Waals surface area (Å²) < 4.78 is 9.67. The standard InChI is InChI=1S/C18H19NO5/c1-23-15-9-8-12-10-14(7-6-13(12)11-15)17(20)5-3-4-16(19-22)18(21)24-2/h6-11,22H,3-5H2,1-2H3. The average Bonchev–Trinajstić information content (AvgIpc) is 2.63. The molecule has 0 aromatic heterocycles. The molecule has 0 saturated carbocycles. The molecule has 0 heterocycles. The Hall–Kier alpha value is -2.89. The lowest BCUT2D eigenvalue weighted by molar-refractivity contribution is -0.133. The summed E-state index contributed by atoms with van der Waals surface area (Å²) >= 11 is 0. The Labute approximate surface area is 139 Å². The third-order valence-corrected chi connectivity index (χ3v) is 3.73. The molecule has 6 nitrogen and oxygen atoms in total. The Balaban J connectivity index is 2.02. The quantitative estimate of drug-likeness (QED) is 0.277. The Morgan fingerprint density at radius 1 is 1.04 bits per heavy atom. The Bertz CT molecular complexity index is 782. The third-order valence-electron chi connectivity index (χ3n) is 3.73. The molecule has 0 fully saturated rings. The van der Waals surface area contributed by atoms with Crippen LogP contribution in [-0.4, -0.2) is 36.9 Å². The highest BCUT2D eigenvalue weighted by molar-refractivity contribution is 6.36. The minimum absolute atomic E-state index is 0.0325. The number of hydrogen-bond donors (Lipinski definition) is 1. The molecule has 0 aliphatic heterocycles. The number of ether oxygens (including phenoxy) is 2. The van der Waals surface area contributed by atoms with Crippen LogP contribution in [0, 0.1) is 0 Å². The van der Waals surface area contributed by atoms with Gasteiger partial charge in [0.1, 0.15) is 5.75 Å². The van der Waals surface area contributed by atoms with E-state index in [1.807, 2.05) is 30.3 Å². The highest BCUT2D eigenvalue weighted by atomic mass is 16.5. The minimum Gasteiger partial charge on any atom is -0.497 e. The number of carbonyl (C=O) groups excluding carboxylic acids is 2. The van der Waals surface area contributed by atoms with Gasteiger partial charge in [-0.3, -0.25) is 4.79 Å². The van der Waals surface area contributed by atoms with Crippen LogP contribution in [-0.2, 0) is 9.53 Å². The van der Waals surface area contributed by atoms with Crippen molar-refractivity contribution in [2.24, 2.45) is 5.16 Å². The summed E-state index contributed by atoms with van der Waals surface area (Å²) in [6, 6.07) is 11.1. The summed E-state index contributed by atoms with van der Waals surface area (Å²) in [4.78, 5) is 23.6. The lowest BCUT2D eigenvalue weighted by Gasteiger charge is -2.06.